The highest BCUT2D eigenvalue weighted by Crippen LogP contribution is 2.26. The Labute approximate surface area is 194 Å². The van der Waals surface area contributed by atoms with E-state index in [1.807, 2.05) is 55.6 Å². The summed E-state index contributed by atoms with van der Waals surface area (Å²) in [6.45, 7) is 5.29. The standard InChI is InChI=1S/C28H27N3O2/c1-20-26(14-11-23-17-21(18-29-27(20)23)19-31-15-5-6-16-31)30-28(32)22-9-12-25(13-10-22)33-24-7-3-2-4-8-24/h2-4,7-14,17-18H,5-6,15-16,19H2,1H3,(H,30,32). The number of pyridine rings is 1. The Bertz CT molecular complexity index is 1260. The van der Waals surface area contributed by atoms with Gasteiger partial charge in [-0.05, 0) is 92.5 Å². The zero-order valence-electron chi connectivity index (χ0n) is 18.8. The number of para-hydroxylation sites is 1. The SMILES string of the molecule is Cc1c(NC(=O)c2ccc(Oc3ccccc3)cc2)ccc2cc(CN3CCCC3)cnc12. The molecule has 166 valence electrons. The largest absolute Gasteiger partial charge is 0.457 e. The average molecular weight is 438 g/mol. The van der Waals surface area contributed by atoms with Crippen LogP contribution < -0.4 is 10.1 Å². The van der Waals surface area contributed by atoms with Gasteiger partial charge in [0.05, 0.1) is 5.52 Å². The van der Waals surface area contributed by atoms with Gasteiger partial charge >= 0.3 is 0 Å². The average Bonchev–Trinajstić information content (AvgIpc) is 3.35. The number of ether oxygens (including phenoxy) is 1. The van der Waals surface area contributed by atoms with Gasteiger partial charge in [-0.25, -0.2) is 0 Å². The lowest BCUT2D eigenvalue weighted by molar-refractivity contribution is 0.102. The number of hydrogen-bond donors (Lipinski definition) is 1. The third-order valence-electron chi connectivity index (χ3n) is 6.11. The van der Waals surface area contributed by atoms with Crippen LogP contribution in [0, 0.1) is 6.92 Å². The summed E-state index contributed by atoms with van der Waals surface area (Å²) >= 11 is 0. The molecular formula is C28H27N3O2. The molecule has 1 saturated heterocycles. The molecule has 1 N–H and O–H groups in total. The molecule has 1 aromatic heterocycles. The van der Waals surface area contributed by atoms with E-state index in [1.165, 1.54) is 31.5 Å². The minimum Gasteiger partial charge on any atom is -0.457 e. The fourth-order valence-electron chi connectivity index (χ4n) is 4.31. The number of fused-ring (bicyclic) bond motifs is 1. The second-order valence-corrected chi connectivity index (χ2v) is 8.53. The summed E-state index contributed by atoms with van der Waals surface area (Å²) in [4.78, 5) is 20.0. The van der Waals surface area contributed by atoms with Gasteiger partial charge in [0.2, 0.25) is 0 Å². The number of hydrogen-bond acceptors (Lipinski definition) is 4. The molecule has 5 nitrogen and oxygen atoms in total. The van der Waals surface area contributed by atoms with Crippen molar-refractivity contribution in [3.63, 3.8) is 0 Å². The summed E-state index contributed by atoms with van der Waals surface area (Å²) in [6.07, 6.45) is 4.53. The molecule has 2 heterocycles. The van der Waals surface area contributed by atoms with Crippen molar-refractivity contribution in [3.05, 3.63) is 95.7 Å². The minimum absolute atomic E-state index is 0.158. The number of anilines is 1. The zero-order chi connectivity index (χ0) is 22.6. The quantitative estimate of drug-likeness (QED) is 0.391. The van der Waals surface area contributed by atoms with Gasteiger partial charge in [0.1, 0.15) is 11.5 Å². The number of carbonyl (C=O) groups excluding carboxylic acids is 1. The molecular weight excluding hydrogens is 410 g/mol. The van der Waals surface area contributed by atoms with Crippen molar-refractivity contribution in [2.75, 3.05) is 18.4 Å². The van der Waals surface area contributed by atoms with Crippen LogP contribution in [0.15, 0.2) is 79.0 Å². The summed E-state index contributed by atoms with van der Waals surface area (Å²) in [6, 6.07) is 22.9. The first-order valence-corrected chi connectivity index (χ1v) is 11.4. The Hall–Kier alpha value is -3.70. The third-order valence-corrected chi connectivity index (χ3v) is 6.11. The van der Waals surface area contributed by atoms with Crippen LogP contribution in [0.2, 0.25) is 0 Å². The molecule has 33 heavy (non-hydrogen) atoms. The number of aromatic nitrogens is 1. The smallest absolute Gasteiger partial charge is 0.255 e. The molecule has 0 radical (unpaired) electrons. The van der Waals surface area contributed by atoms with E-state index >= 15 is 0 Å². The molecule has 3 aromatic carbocycles. The number of carbonyl (C=O) groups is 1. The summed E-state index contributed by atoms with van der Waals surface area (Å²) in [5, 5.41) is 4.13. The van der Waals surface area contributed by atoms with Crippen LogP contribution in [0.25, 0.3) is 10.9 Å². The number of nitrogens with one attached hydrogen (secondary N) is 1. The molecule has 0 spiro atoms. The third kappa shape index (κ3) is 4.89. The monoisotopic (exact) mass is 437 g/mol. The summed E-state index contributed by atoms with van der Waals surface area (Å²) in [7, 11) is 0. The van der Waals surface area contributed by atoms with Gasteiger partial charge in [0, 0.05) is 29.4 Å². The molecule has 1 aliphatic rings. The van der Waals surface area contributed by atoms with E-state index in [0.29, 0.717) is 11.3 Å². The summed E-state index contributed by atoms with van der Waals surface area (Å²) in [5.41, 5.74) is 4.47. The maximum Gasteiger partial charge on any atom is 0.255 e. The molecule has 0 unspecified atom stereocenters. The van der Waals surface area contributed by atoms with Gasteiger partial charge in [0.15, 0.2) is 0 Å². The number of nitrogens with zero attached hydrogens (tertiary/aromatic N) is 2. The second-order valence-electron chi connectivity index (χ2n) is 8.53. The van der Waals surface area contributed by atoms with Crippen molar-refractivity contribution >= 4 is 22.5 Å². The molecule has 4 aromatic rings. The van der Waals surface area contributed by atoms with Gasteiger partial charge in [-0.1, -0.05) is 24.3 Å². The molecule has 0 bridgehead atoms. The van der Waals surface area contributed by atoms with Crippen LogP contribution in [0.5, 0.6) is 11.5 Å². The van der Waals surface area contributed by atoms with Crippen LogP contribution in [0.1, 0.15) is 34.3 Å². The highest BCUT2D eigenvalue weighted by molar-refractivity contribution is 6.06. The van der Waals surface area contributed by atoms with Crippen molar-refractivity contribution in [1.29, 1.82) is 0 Å². The first-order chi connectivity index (χ1) is 16.2. The van der Waals surface area contributed by atoms with Gasteiger partial charge in [0.25, 0.3) is 5.91 Å². The highest BCUT2D eigenvalue weighted by Gasteiger charge is 2.14. The number of likely N-dealkylation sites (tertiary alicyclic amines) is 1. The fraction of sp³-hybridized carbons (Fsp3) is 0.214. The Morgan fingerprint density at radius 3 is 2.45 bits per heavy atom. The fourth-order valence-corrected chi connectivity index (χ4v) is 4.31. The molecule has 1 aliphatic heterocycles. The van der Waals surface area contributed by atoms with E-state index in [4.69, 9.17) is 9.72 Å². The van der Waals surface area contributed by atoms with E-state index < -0.39 is 0 Å². The lowest BCUT2D eigenvalue weighted by atomic mass is 10.1. The number of benzene rings is 3. The topological polar surface area (TPSA) is 54.5 Å². The Balaban J connectivity index is 1.28. The number of amides is 1. The van der Waals surface area contributed by atoms with Gasteiger partial charge in [-0.2, -0.15) is 0 Å². The molecule has 0 saturated carbocycles. The molecule has 0 atom stereocenters. The van der Waals surface area contributed by atoms with Crippen molar-refractivity contribution in [2.24, 2.45) is 0 Å². The van der Waals surface area contributed by atoms with Crippen LogP contribution in [0.4, 0.5) is 5.69 Å². The zero-order valence-corrected chi connectivity index (χ0v) is 18.8. The van der Waals surface area contributed by atoms with Crippen LogP contribution in [-0.4, -0.2) is 28.9 Å². The molecule has 0 aliphatic carbocycles. The molecule has 5 rings (SSSR count). The normalized spacial score (nSPS) is 13.8. The highest BCUT2D eigenvalue weighted by atomic mass is 16.5. The van der Waals surface area contributed by atoms with Crippen molar-refractivity contribution < 1.29 is 9.53 Å². The Kier molecular flexibility index (Phi) is 6.05. The number of rotatable bonds is 6. The lowest BCUT2D eigenvalue weighted by Crippen LogP contribution is -2.18. The summed E-state index contributed by atoms with van der Waals surface area (Å²) < 4.78 is 5.81. The van der Waals surface area contributed by atoms with Crippen molar-refractivity contribution in [3.8, 4) is 11.5 Å². The van der Waals surface area contributed by atoms with Gasteiger partial charge in [-0.15, -0.1) is 0 Å². The Morgan fingerprint density at radius 1 is 0.970 bits per heavy atom. The van der Waals surface area contributed by atoms with E-state index in [1.54, 1.807) is 24.3 Å². The minimum atomic E-state index is -0.158. The predicted molar refractivity (Wildman–Crippen MR) is 132 cm³/mol. The summed E-state index contributed by atoms with van der Waals surface area (Å²) in [5.74, 6) is 1.29. The van der Waals surface area contributed by atoms with E-state index in [2.05, 4.69) is 16.3 Å². The van der Waals surface area contributed by atoms with E-state index in [9.17, 15) is 4.79 Å². The van der Waals surface area contributed by atoms with Crippen LogP contribution >= 0.6 is 0 Å². The molecule has 1 amide bonds. The van der Waals surface area contributed by atoms with Crippen molar-refractivity contribution in [1.82, 2.24) is 9.88 Å². The number of aryl methyl sites for hydroxylation is 1. The molecule has 1 fully saturated rings. The Morgan fingerprint density at radius 2 is 1.70 bits per heavy atom. The van der Waals surface area contributed by atoms with Gasteiger partial charge < -0.3 is 10.1 Å². The van der Waals surface area contributed by atoms with Crippen LogP contribution in [-0.2, 0) is 6.54 Å². The maximum atomic E-state index is 12.8. The maximum absolute atomic E-state index is 12.8. The van der Waals surface area contributed by atoms with E-state index in [-0.39, 0.29) is 5.91 Å². The second kappa shape index (κ2) is 9.43. The van der Waals surface area contributed by atoms with Crippen molar-refractivity contribution in [2.45, 2.75) is 26.3 Å². The lowest BCUT2D eigenvalue weighted by Gasteiger charge is -2.15. The van der Waals surface area contributed by atoms with Crippen LogP contribution in [0.3, 0.4) is 0 Å². The first kappa shape index (κ1) is 21.2. The predicted octanol–water partition coefficient (Wildman–Crippen LogP) is 6.18. The van der Waals surface area contributed by atoms with Gasteiger partial charge in [-0.3, -0.25) is 14.7 Å². The van der Waals surface area contributed by atoms with E-state index in [0.717, 1.165) is 34.4 Å². The first-order valence-electron chi connectivity index (χ1n) is 11.4. The molecule has 5 heteroatoms.